The zero-order chi connectivity index (χ0) is 15.7. The summed E-state index contributed by atoms with van der Waals surface area (Å²) in [6.07, 6.45) is 3.55. The largest absolute Gasteiger partial charge is 0.289 e. The van der Waals surface area contributed by atoms with Gasteiger partial charge in [-0.3, -0.25) is 9.48 Å². The lowest BCUT2D eigenvalue weighted by Crippen LogP contribution is -1.99. The molecule has 0 aliphatic rings. The van der Waals surface area contributed by atoms with Gasteiger partial charge in [0.1, 0.15) is 0 Å². The minimum Gasteiger partial charge on any atom is -0.289 e. The number of allylic oxidation sites excluding steroid dienone is 1. The number of hydrogen-bond acceptors (Lipinski definition) is 2. The molecule has 2 aromatic rings. The van der Waals surface area contributed by atoms with Crippen molar-refractivity contribution < 1.29 is 4.79 Å². The van der Waals surface area contributed by atoms with Crippen LogP contribution in [0.3, 0.4) is 0 Å². The first-order chi connectivity index (χ1) is 9.81. The van der Waals surface area contributed by atoms with Gasteiger partial charge < -0.3 is 0 Å². The molecule has 3 heteroatoms. The third-order valence-corrected chi connectivity index (χ3v) is 4.05. The predicted molar refractivity (Wildman–Crippen MR) is 86.7 cm³/mol. The Kier molecular flexibility index (Phi) is 4.12. The molecule has 0 radical (unpaired) electrons. The molecule has 0 amide bonds. The summed E-state index contributed by atoms with van der Waals surface area (Å²) in [6.45, 7) is 10.0. The van der Waals surface area contributed by atoms with Crippen molar-refractivity contribution in [2.45, 2.75) is 34.6 Å². The van der Waals surface area contributed by atoms with Gasteiger partial charge in [0.15, 0.2) is 5.78 Å². The van der Waals surface area contributed by atoms with Crippen LogP contribution in [0.15, 0.2) is 18.2 Å². The summed E-state index contributed by atoms with van der Waals surface area (Å²) < 4.78 is 1.75. The van der Waals surface area contributed by atoms with Crippen LogP contribution >= 0.6 is 0 Å². The minimum atomic E-state index is 0.00993. The van der Waals surface area contributed by atoms with Gasteiger partial charge >= 0.3 is 0 Å². The first-order valence-electron chi connectivity index (χ1n) is 7.11. The van der Waals surface area contributed by atoms with E-state index in [1.807, 2.05) is 27.0 Å². The number of benzene rings is 1. The second-order valence-electron chi connectivity index (χ2n) is 5.66. The van der Waals surface area contributed by atoms with E-state index >= 15 is 0 Å². The fourth-order valence-corrected chi connectivity index (χ4v) is 2.54. The summed E-state index contributed by atoms with van der Waals surface area (Å²) >= 11 is 0. The van der Waals surface area contributed by atoms with Crippen LogP contribution < -0.4 is 0 Å². The van der Waals surface area contributed by atoms with Crippen molar-refractivity contribution in [2.24, 2.45) is 7.05 Å². The highest BCUT2D eigenvalue weighted by Gasteiger charge is 2.14. The molecule has 0 N–H and O–H groups in total. The van der Waals surface area contributed by atoms with Gasteiger partial charge in [0.05, 0.1) is 11.3 Å². The van der Waals surface area contributed by atoms with E-state index in [2.05, 4.69) is 38.0 Å². The van der Waals surface area contributed by atoms with Crippen LogP contribution in [-0.4, -0.2) is 15.6 Å². The van der Waals surface area contributed by atoms with Crippen LogP contribution in [0.5, 0.6) is 0 Å². The van der Waals surface area contributed by atoms with E-state index in [0.717, 1.165) is 17.0 Å². The van der Waals surface area contributed by atoms with Gasteiger partial charge in [0, 0.05) is 12.7 Å². The van der Waals surface area contributed by atoms with Crippen LogP contribution in [0.1, 0.15) is 44.0 Å². The van der Waals surface area contributed by atoms with Crippen molar-refractivity contribution in [3.8, 4) is 0 Å². The molecular formula is C18H22N2O. The molecule has 0 aliphatic heterocycles. The maximum atomic E-state index is 12.4. The Hall–Kier alpha value is -2.16. The monoisotopic (exact) mass is 282 g/mol. The lowest BCUT2D eigenvalue weighted by atomic mass is 9.99. The Morgan fingerprint density at radius 1 is 1.05 bits per heavy atom. The number of rotatable bonds is 3. The highest BCUT2D eigenvalue weighted by molar-refractivity contribution is 6.08. The zero-order valence-electron chi connectivity index (χ0n) is 13.6. The molecule has 110 valence electrons. The number of ketones is 1. The number of carbonyl (C=O) groups is 1. The molecule has 0 atom stereocenters. The molecule has 0 saturated carbocycles. The lowest BCUT2D eigenvalue weighted by Gasteiger charge is -2.06. The summed E-state index contributed by atoms with van der Waals surface area (Å²) in [5.74, 6) is 0.00993. The van der Waals surface area contributed by atoms with Crippen LogP contribution in [0, 0.1) is 34.6 Å². The first kappa shape index (κ1) is 15.2. The number of carbonyl (C=O) groups excluding carboxylic acids is 1. The van der Waals surface area contributed by atoms with E-state index in [9.17, 15) is 4.79 Å². The van der Waals surface area contributed by atoms with Gasteiger partial charge in [-0.25, -0.2) is 0 Å². The fraction of sp³-hybridized carbons (Fsp3) is 0.333. The Bertz CT molecular complexity index is 736. The van der Waals surface area contributed by atoms with Gasteiger partial charge in [0.2, 0.25) is 0 Å². The summed E-state index contributed by atoms with van der Waals surface area (Å²) in [7, 11) is 1.86. The molecule has 0 spiro atoms. The second kappa shape index (κ2) is 5.68. The second-order valence-corrected chi connectivity index (χ2v) is 5.66. The van der Waals surface area contributed by atoms with Crippen molar-refractivity contribution >= 4 is 11.9 Å². The van der Waals surface area contributed by atoms with E-state index in [-0.39, 0.29) is 5.78 Å². The van der Waals surface area contributed by atoms with Crippen LogP contribution in [0.25, 0.3) is 6.08 Å². The number of aryl methyl sites for hydroxylation is 5. The summed E-state index contributed by atoms with van der Waals surface area (Å²) in [6, 6.07) is 4.28. The lowest BCUT2D eigenvalue weighted by molar-refractivity contribution is 0.104. The normalized spacial score (nSPS) is 11.3. The maximum Gasteiger partial charge on any atom is 0.189 e. The Morgan fingerprint density at radius 3 is 2.24 bits per heavy atom. The molecule has 1 aromatic heterocycles. The van der Waals surface area contributed by atoms with Crippen molar-refractivity contribution in [3.05, 3.63) is 57.4 Å². The van der Waals surface area contributed by atoms with Crippen molar-refractivity contribution in [1.29, 1.82) is 0 Å². The van der Waals surface area contributed by atoms with Gasteiger partial charge in [-0.15, -0.1) is 0 Å². The van der Waals surface area contributed by atoms with E-state index in [1.165, 1.54) is 16.7 Å². The molecule has 21 heavy (non-hydrogen) atoms. The highest BCUT2D eigenvalue weighted by Crippen LogP contribution is 2.18. The number of hydrogen-bond donors (Lipinski definition) is 0. The molecule has 1 aromatic carbocycles. The maximum absolute atomic E-state index is 12.4. The highest BCUT2D eigenvalue weighted by atomic mass is 16.1. The third kappa shape index (κ3) is 2.97. The van der Waals surface area contributed by atoms with Crippen molar-refractivity contribution in [2.75, 3.05) is 0 Å². The predicted octanol–water partition coefficient (Wildman–Crippen LogP) is 3.86. The average molecular weight is 282 g/mol. The molecule has 0 aliphatic carbocycles. The SMILES string of the molecule is Cc1cc(C)c(C=CC(=O)c2c(C)nn(C)c2C)cc1C. The Morgan fingerprint density at radius 2 is 1.67 bits per heavy atom. The quantitative estimate of drug-likeness (QED) is 0.633. The first-order valence-corrected chi connectivity index (χ1v) is 7.11. The van der Waals surface area contributed by atoms with Crippen LogP contribution in [0.4, 0.5) is 0 Å². The van der Waals surface area contributed by atoms with E-state index < -0.39 is 0 Å². The zero-order valence-corrected chi connectivity index (χ0v) is 13.6. The summed E-state index contributed by atoms with van der Waals surface area (Å²) in [5.41, 5.74) is 7.17. The standard InChI is InChI=1S/C18H22N2O/c1-11-9-13(3)16(10-12(11)2)7-8-17(21)18-14(4)19-20(6)15(18)5/h7-10H,1-6H3. The van der Waals surface area contributed by atoms with E-state index in [4.69, 9.17) is 0 Å². The fourth-order valence-electron chi connectivity index (χ4n) is 2.54. The number of aromatic nitrogens is 2. The molecule has 1 heterocycles. The minimum absolute atomic E-state index is 0.00993. The van der Waals surface area contributed by atoms with Gasteiger partial charge in [0.25, 0.3) is 0 Å². The summed E-state index contributed by atoms with van der Waals surface area (Å²) in [4.78, 5) is 12.4. The van der Waals surface area contributed by atoms with E-state index in [1.54, 1.807) is 10.8 Å². The van der Waals surface area contributed by atoms with Gasteiger partial charge in [-0.2, -0.15) is 5.10 Å². The van der Waals surface area contributed by atoms with E-state index in [0.29, 0.717) is 5.56 Å². The molecular weight excluding hydrogens is 260 g/mol. The molecule has 0 unspecified atom stereocenters. The molecule has 0 saturated heterocycles. The number of nitrogens with zero attached hydrogens (tertiary/aromatic N) is 2. The van der Waals surface area contributed by atoms with Gasteiger partial charge in [-0.05, 0) is 62.9 Å². The van der Waals surface area contributed by atoms with Crippen LogP contribution in [0.2, 0.25) is 0 Å². The third-order valence-electron chi connectivity index (χ3n) is 4.05. The Balaban J connectivity index is 2.33. The van der Waals surface area contributed by atoms with Crippen LogP contribution in [-0.2, 0) is 7.05 Å². The molecule has 3 nitrogen and oxygen atoms in total. The van der Waals surface area contributed by atoms with Gasteiger partial charge in [-0.1, -0.05) is 18.2 Å². The Labute approximate surface area is 126 Å². The summed E-state index contributed by atoms with van der Waals surface area (Å²) in [5, 5.41) is 4.29. The topological polar surface area (TPSA) is 34.9 Å². The smallest absolute Gasteiger partial charge is 0.189 e. The molecule has 0 fully saturated rings. The molecule has 0 bridgehead atoms. The van der Waals surface area contributed by atoms with Crippen molar-refractivity contribution in [3.63, 3.8) is 0 Å². The average Bonchev–Trinajstić information content (AvgIpc) is 2.66. The molecule has 2 rings (SSSR count). The van der Waals surface area contributed by atoms with Crippen molar-refractivity contribution in [1.82, 2.24) is 9.78 Å².